The lowest BCUT2D eigenvalue weighted by Crippen LogP contribution is -2.37. The molecule has 1 unspecified atom stereocenters. The van der Waals surface area contributed by atoms with Crippen molar-refractivity contribution < 1.29 is 9.59 Å². The van der Waals surface area contributed by atoms with E-state index >= 15 is 0 Å². The largest absolute Gasteiger partial charge is 0.332 e. The van der Waals surface area contributed by atoms with Gasteiger partial charge < -0.3 is 9.88 Å². The number of benzene rings is 1. The zero-order valence-corrected chi connectivity index (χ0v) is 17.5. The molecule has 154 valence electrons. The van der Waals surface area contributed by atoms with Gasteiger partial charge >= 0.3 is 5.69 Å². The molecule has 2 N–H and O–H groups in total. The lowest BCUT2D eigenvalue weighted by Gasteiger charge is -2.08. The molecule has 0 bridgehead atoms. The van der Waals surface area contributed by atoms with E-state index in [4.69, 9.17) is 0 Å². The number of aromatic nitrogens is 4. The summed E-state index contributed by atoms with van der Waals surface area (Å²) in [5, 5.41) is 6.65. The number of imidazole rings is 1. The standard InChI is InChI=1S/C18H16BrN7O4/c1-24-16-14(17(29)25(2)18(24)30)20-8-26(16)7-13(27)23-21-6-11-10-5-9(19)3-4-12(10)22-15(11)28/h3-6,8,11H,7H2,1-2H3,(H,22,28)(H,23,27)/b21-6+. The molecule has 0 aliphatic carbocycles. The highest BCUT2D eigenvalue weighted by atomic mass is 79.9. The Labute approximate surface area is 177 Å². The van der Waals surface area contributed by atoms with Crippen molar-refractivity contribution in [2.75, 3.05) is 5.32 Å². The monoisotopic (exact) mass is 473 g/mol. The molecule has 0 saturated heterocycles. The van der Waals surface area contributed by atoms with Crippen molar-refractivity contribution in [1.82, 2.24) is 24.1 Å². The summed E-state index contributed by atoms with van der Waals surface area (Å²) in [5.41, 5.74) is 3.05. The van der Waals surface area contributed by atoms with Gasteiger partial charge in [0.1, 0.15) is 18.1 Å². The molecule has 11 nitrogen and oxygen atoms in total. The van der Waals surface area contributed by atoms with Crippen LogP contribution in [0, 0.1) is 0 Å². The van der Waals surface area contributed by atoms with Crippen LogP contribution in [-0.4, -0.2) is 36.7 Å². The van der Waals surface area contributed by atoms with Gasteiger partial charge in [0.25, 0.3) is 11.5 Å². The van der Waals surface area contributed by atoms with Gasteiger partial charge in [-0.2, -0.15) is 5.10 Å². The number of amides is 2. The highest BCUT2D eigenvalue weighted by molar-refractivity contribution is 9.10. The van der Waals surface area contributed by atoms with Gasteiger partial charge in [0, 0.05) is 30.5 Å². The summed E-state index contributed by atoms with van der Waals surface area (Å²) in [5.74, 6) is -1.38. The molecule has 4 rings (SSSR count). The molecular weight excluding hydrogens is 458 g/mol. The van der Waals surface area contributed by atoms with Gasteiger partial charge in [0.2, 0.25) is 5.91 Å². The van der Waals surface area contributed by atoms with Crippen molar-refractivity contribution in [2.24, 2.45) is 19.2 Å². The Kier molecular flexibility index (Phi) is 4.86. The molecule has 3 heterocycles. The molecular formula is C18H16BrN7O4. The fourth-order valence-electron chi connectivity index (χ4n) is 3.33. The number of anilines is 1. The number of nitrogens with zero attached hydrogens (tertiary/aromatic N) is 5. The Balaban J connectivity index is 1.52. The normalized spacial score (nSPS) is 15.6. The third-order valence-electron chi connectivity index (χ3n) is 4.82. The molecule has 1 atom stereocenters. The minimum Gasteiger partial charge on any atom is -0.325 e. The fourth-order valence-corrected chi connectivity index (χ4v) is 3.71. The first kappa shape index (κ1) is 19.8. The highest BCUT2D eigenvalue weighted by Crippen LogP contribution is 2.33. The van der Waals surface area contributed by atoms with Crippen molar-refractivity contribution in [3.8, 4) is 0 Å². The van der Waals surface area contributed by atoms with E-state index in [0.717, 1.165) is 14.6 Å². The van der Waals surface area contributed by atoms with Crippen LogP contribution in [0.3, 0.4) is 0 Å². The van der Waals surface area contributed by atoms with Crippen molar-refractivity contribution >= 4 is 50.8 Å². The predicted molar refractivity (Wildman–Crippen MR) is 112 cm³/mol. The van der Waals surface area contributed by atoms with Crippen LogP contribution in [0.1, 0.15) is 11.5 Å². The Hall–Kier alpha value is -3.54. The number of rotatable bonds is 4. The van der Waals surface area contributed by atoms with Crippen LogP contribution in [0.25, 0.3) is 11.2 Å². The van der Waals surface area contributed by atoms with E-state index in [2.05, 4.69) is 36.8 Å². The third kappa shape index (κ3) is 3.24. The molecule has 1 aromatic carbocycles. The van der Waals surface area contributed by atoms with Crippen LogP contribution < -0.4 is 22.0 Å². The molecule has 1 aliphatic rings. The van der Waals surface area contributed by atoms with Crippen molar-refractivity contribution in [3.05, 3.63) is 55.4 Å². The van der Waals surface area contributed by atoms with Crippen LogP contribution in [0.2, 0.25) is 0 Å². The van der Waals surface area contributed by atoms with Gasteiger partial charge in [-0.3, -0.25) is 23.5 Å². The summed E-state index contributed by atoms with van der Waals surface area (Å²) in [7, 11) is 2.85. The number of fused-ring (bicyclic) bond motifs is 2. The maximum absolute atomic E-state index is 12.3. The van der Waals surface area contributed by atoms with E-state index in [9.17, 15) is 19.2 Å². The van der Waals surface area contributed by atoms with Crippen LogP contribution in [0.5, 0.6) is 0 Å². The first-order chi connectivity index (χ1) is 14.3. The molecule has 0 spiro atoms. The number of carbonyl (C=O) groups is 2. The number of carbonyl (C=O) groups excluding carboxylic acids is 2. The average molecular weight is 474 g/mol. The van der Waals surface area contributed by atoms with Crippen LogP contribution in [-0.2, 0) is 30.2 Å². The number of hydrazone groups is 1. The van der Waals surface area contributed by atoms with Gasteiger partial charge in [-0.1, -0.05) is 15.9 Å². The molecule has 3 aromatic rings. The van der Waals surface area contributed by atoms with E-state index < -0.39 is 23.1 Å². The zero-order valence-electron chi connectivity index (χ0n) is 15.9. The summed E-state index contributed by atoms with van der Waals surface area (Å²) in [6.45, 7) is -0.215. The van der Waals surface area contributed by atoms with E-state index in [1.165, 1.54) is 35.8 Å². The first-order valence-electron chi connectivity index (χ1n) is 8.81. The second kappa shape index (κ2) is 7.37. The third-order valence-corrected chi connectivity index (χ3v) is 5.32. The molecule has 2 amide bonds. The van der Waals surface area contributed by atoms with Crippen molar-refractivity contribution in [2.45, 2.75) is 12.5 Å². The van der Waals surface area contributed by atoms with E-state index in [1.807, 2.05) is 12.1 Å². The Morgan fingerprint density at radius 3 is 2.83 bits per heavy atom. The summed E-state index contributed by atoms with van der Waals surface area (Å²) in [6, 6.07) is 5.41. The Morgan fingerprint density at radius 2 is 2.07 bits per heavy atom. The first-order valence-corrected chi connectivity index (χ1v) is 9.60. The zero-order chi connectivity index (χ0) is 21.6. The number of aryl methyl sites for hydroxylation is 1. The number of hydrogen-bond acceptors (Lipinski definition) is 6. The summed E-state index contributed by atoms with van der Waals surface area (Å²) >= 11 is 3.37. The predicted octanol–water partition coefficient (Wildman–Crippen LogP) is 0.0341. The lowest BCUT2D eigenvalue weighted by molar-refractivity contribution is -0.121. The van der Waals surface area contributed by atoms with Gasteiger partial charge in [-0.25, -0.2) is 15.2 Å². The van der Waals surface area contributed by atoms with Gasteiger partial charge in [0.05, 0.1) is 6.33 Å². The molecule has 1 aliphatic heterocycles. The van der Waals surface area contributed by atoms with Crippen LogP contribution in [0.4, 0.5) is 5.69 Å². The van der Waals surface area contributed by atoms with E-state index in [0.29, 0.717) is 5.69 Å². The molecule has 30 heavy (non-hydrogen) atoms. The summed E-state index contributed by atoms with van der Waals surface area (Å²) < 4.78 is 4.41. The lowest BCUT2D eigenvalue weighted by atomic mass is 10.0. The number of nitrogens with one attached hydrogen (secondary N) is 2. The minimum atomic E-state index is -0.629. The van der Waals surface area contributed by atoms with Crippen molar-refractivity contribution in [3.63, 3.8) is 0 Å². The molecule has 12 heteroatoms. The summed E-state index contributed by atoms with van der Waals surface area (Å²) in [4.78, 5) is 52.8. The highest BCUT2D eigenvalue weighted by Gasteiger charge is 2.29. The topological polar surface area (TPSA) is 132 Å². The average Bonchev–Trinajstić information content (AvgIpc) is 3.26. The minimum absolute atomic E-state index is 0.0840. The van der Waals surface area contributed by atoms with E-state index in [1.54, 1.807) is 6.07 Å². The van der Waals surface area contributed by atoms with Gasteiger partial charge in [-0.15, -0.1) is 0 Å². The molecule has 0 radical (unpaired) electrons. The SMILES string of the molecule is Cn1c(=O)c2ncn(CC(=O)N/N=C/C3C(=O)Nc4ccc(Br)cc43)c2n(C)c1=O. The fraction of sp³-hybridized carbons (Fsp3) is 0.222. The number of halogens is 1. The second-order valence-electron chi connectivity index (χ2n) is 6.76. The maximum Gasteiger partial charge on any atom is 0.332 e. The quantitative estimate of drug-likeness (QED) is 0.407. The van der Waals surface area contributed by atoms with Crippen LogP contribution in [0.15, 0.2) is 43.7 Å². The van der Waals surface area contributed by atoms with E-state index in [-0.39, 0.29) is 23.6 Å². The molecule has 0 saturated carbocycles. The maximum atomic E-state index is 12.3. The second-order valence-corrected chi connectivity index (χ2v) is 7.68. The van der Waals surface area contributed by atoms with Gasteiger partial charge in [0.15, 0.2) is 5.52 Å². The van der Waals surface area contributed by atoms with Crippen LogP contribution >= 0.6 is 15.9 Å². The molecule has 0 fully saturated rings. The smallest absolute Gasteiger partial charge is 0.325 e. The summed E-state index contributed by atoms with van der Waals surface area (Å²) in [6.07, 6.45) is 2.66. The molecule has 2 aromatic heterocycles. The van der Waals surface area contributed by atoms with Gasteiger partial charge in [-0.05, 0) is 23.8 Å². The Bertz CT molecular complexity index is 1350. The van der Waals surface area contributed by atoms with Crippen molar-refractivity contribution in [1.29, 1.82) is 0 Å². The number of hydrogen-bond donors (Lipinski definition) is 2. The Morgan fingerprint density at radius 1 is 1.30 bits per heavy atom.